The topological polar surface area (TPSA) is 42.2 Å². The third kappa shape index (κ3) is 4.03. The van der Waals surface area contributed by atoms with Gasteiger partial charge < -0.3 is 9.47 Å². The largest absolute Gasteiger partial charge is 0.490 e. The van der Waals surface area contributed by atoms with E-state index in [0.717, 1.165) is 17.9 Å². The summed E-state index contributed by atoms with van der Waals surface area (Å²) in [6, 6.07) is 17.2. The number of nitriles is 1. The first-order valence-corrected chi connectivity index (χ1v) is 6.66. The first-order chi connectivity index (χ1) is 9.81. The van der Waals surface area contributed by atoms with E-state index in [9.17, 15) is 0 Å². The normalized spacial score (nSPS) is 9.80. The Morgan fingerprint density at radius 3 is 1.80 bits per heavy atom. The van der Waals surface area contributed by atoms with E-state index in [4.69, 9.17) is 14.7 Å². The van der Waals surface area contributed by atoms with Crippen LogP contribution < -0.4 is 9.47 Å². The summed E-state index contributed by atoms with van der Waals surface area (Å²) in [5.41, 5.74) is 1.93. The molecule has 20 heavy (non-hydrogen) atoms. The van der Waals surface area contributed by atoms with Crippen molar-refractivity contribution >= 4 is 0 Å². The summed E-state index contributed by atoms with van der Waals surface area (Å²) < 4.78 is 11.1. The van der Waals surface area contributed by atoms with Gasteiger partial charge in [-0.2, -0.15) is 5.26 Å². The molecule has 0 aliphatic rings. The minimum absolute atomic E-state index is 0.474. The second-order valence-corrected chi connectivity index (χ2v) is 4.33. The fraction of sp³-hybridized carbons (Fsp3) is 0.235. The lowest BCUT2D eigenvalue weighted by molar-refractivity contribution is 0.217. The molecule has 3 nitrogen and oxygen atoms in total. The molecule has 0 N–H and O–H groups in total. The molecule has 2 aromatic rings. The van der Waals surface area contributed by atoms with Gasteiger partial charge in [0.2, 0.25) is 0 Å². The Morgan fingerprint density at radius 2 is 1.35 bits per heavy atom. The molecule has 0 amide bonds. The maximum Gasteiger partial charge on any atom is 0.122 e. The van der Waals surface area contributed by atoms with E-state index in [1.54, 1.807) is 24.3 Å². The SMILES string of the molecule is CCc1ccc(OCCOc2ccc(C#N)cc2)cc1. The number of hydrogen-bond donors (Lipinski definition) is 0. The highest BCUT2D eigenvalue weighted by molar-refractivity contribution is 5.34. The molecule has 0 saturated carbocycles. The summed E-state index contributed by atoms with van der Waals surface area (Å²) in [5.74, 6) is 1.60. The maximum absolute atomic E-state index is 8.70. The number of aryl methyl sites for hydroxylation is 1. The van der Waals surface area contributed by atoms with Crippen molar-refractivity contribution in [2.45, 2.75) is 13.3 Å². The van der Waals surface area contributed by atoms with Crippen LogP contribution in [-0.4, -0.2) is 13.2 Å². The number of benzene rings is 2. The monoisotopic (exact) mass is 267 g/mol. The Bertz CT molecular complexity index is 567. The van der Waals surface area contributed by atoms with E-state index in [1.165, 1.54) is 5.56 Å². The third-order valence-electron chi connectivity index (χ3n) is 2.94. The molecule has 0 aliphatic carbocycles. The molecule has 102 valence electrons. The van der Waals surface area contributed by atoms with Crippen molar-refractivity contribution in [3.63, 3.8) is 0 Å². The van der Waals surface area contributed by atoms with Crippen LogP contribution in [0.3, 0.4) is 0 Å². The lowest BCUT2D eigenvalue weighted by atomic mass is 10.2. The summed E-state index contributed by atoms with van der Waals surface area (Å²) >= 11 is 0. The van der Waals surface area contributed by atoms with Gasteiger partial charge in [-0.15, -0.1) is 0 Å². The standard InChI is InChI=1S/C17H17NO2/c1-2-14-3-7-16(8-4-14)19-11-12-20-17-9-5-15(13-18)6-10-17/h3-10H,2,11-12H2,1H3. The van der Waals surface area contributed by atoms with E-state index in [-0.39, 0.29) is 0 Å². The zero-order valence-corrected chi connectivity index (χ0v) is 11.5. The van der Waals surface area contributed by atoms with Crippen LogP contribution in [0.4, 0.5) is 0 Å². The Labute approximate surface area is 119 Å². The minimum atomic E-state index is 0.474. The van der Waals surface area contributed by atoms with Crippen LogP contribution in [-0.2, 0) is 6.42 Å². The average Bonchev–Trinajstić information content (AvgIpc) is 2.53. The summed E-state index contributed by atoms with van der Waals surface area (Å²) in [7, 11) is 0. The molecule has 0 fully saturated rings. The molecular weight excluding hydrogens is 250 g/mol. The third-order valence-corrected chi connectivity index (χ3v) is 2.94. The van der Waals surface area contributed by atoms with Crippen LogP contribution in [0.15, 0.2) is 48.5 Å². The molecule has 3 heteroatoms. The van der Waals surface area contributed by atoms with Crippen molar-refractivity contribution in [3.05, 3.63) is 59.7 Å². The molecular formula is C17H17NO2. The molecule has 0 spiro atoms. The lowest BCUT2D eigenvalue weighted by Crippen LogP contribution is -2.08. The number of ether oxygens (including phenoxy) is 2. The highest BCUT2D eigenvalue weighted by Crippen LogP contribution is 2.13. The predicted octanol–water partition coefficient (Wildman–Crippen LogP) is 3.58. The van der Waals surface area contributed by atoms with Crippen molar-refractivity contribution in [2.75, 3.05) is 13.2 Å². The number of nitrogens with zero attached hydrogens (tertiary/aromatic N) is 1. The highest BCUT2D eigenvalue weighted by Gasteiger charge is 1.97. The second kappa shape index (κ2) is 7.20. The van der Waals surface area contributed by atoms with Crippen LogP contribution in [0.5, 0.6) is 11.5 Å². The minimum Gasteiger partial charge on any atom is -0.490 e. The first kappa shape index (κ1) is 14.0. The number of hydrogen-bond acceptors (Lipinski definition) is 3. The smallest absolute Gasteiger partial charge is 0.122 e. The van der Waals surface area contributed by atoms with E-state index in [1.807, 2.05) is 12.1 Å². The Balaban J connectivity index is 1.74. The molecule has 0 aliphatic heterocycles. The van der Waals surface area contributed by atoms with Crippen molar-refractivity contribution in [2.24, 2.45) is 0 Å². The van der Waals surface area contributed by atoms with Crippen molar-refractivity contribution in [1.29, 1.82) is 5.26 Å². The predicted molar refractivity (Wildman–Crippen MR) is 78.0 cm³/mol. The molecule has 0 radical (unpaired) electrons. The zero-order chi connectivity index (χ0) is 14.2. The Hall–Kier alpha value is -2.47. The van der Waals surface area contributed by atoms with E-state index < -0.39 is 0 Å². The van der Waals surface area contributed by atoms with Gasteiger partial charge in [-0.3, -0.25) is 0 Å². The molecule has 2 rings (SSSR count). The first-order valence-electron chi connectivity index (χ1n) is 6.66. The molecule has 0 unspecified atom stereocenters. The molecule has 0 atom stereocenters. The highest BCUT2D eigenvalue weighted by atomic mass is 16.5. The lowest BCUT2D eigenvalue weighted by Gasteiger charge is -2.08. The van der Waals surface area contributed by atoms with Crippen LogP contribution in [0.25, 0.3) is 0 Å². The maximum atomic E-state index is 8.70. The molecule has 0 heterocycles. The van der Waals surface area contributed by atoms with E-state index >= 15 is 0 Å². The van der Waals surface area contributed by atoms with E-state index in [2.05, 4.69) is 25.1 Å². The van der Waals surface area contributed by atoms with Gasteiger partial charge in [0.25, 0.3) is 0 Å². The van der Waals surface area contributed by atoms with Gasteiger partial charge in [-0.1, -0.05) is 19.1 Å². The summed E-state index contributed by atoms with van der Waals surface area (Å²) in [6.07, 6.45) is 1.03. The van der Waals surface area contributed by atoms with Crippen molar-refractivity contribution in [3.8, 4) is 17.6 Å². The molecule has 2 aromatic carbocycles. The van der Waals surface area contributed by atoms with Crippen LogP contribution >= 0.6 is 0 Å². The second-order valence-electron chi connectivity index (χ2n) is 4.33. The molecule has 0 saturated heterocycles. The van der Waals surface area contributed by atoms with Gasteiger partial charge in [0.05, 0.1) is 11.6 Å². The molecule has 0 bridgehead atoms. The average molecular weight is 267 g/mol. The summed E-state index contributed by atoms with van der Waals surface area (Å²) in [5, 5.41) is 8.70. The van der Waals surface area contributed by atoms with Crippen LogP contribution in [0, 0.1) is 11.3 Å². The van der Waals surface area contributed by atoms with Gasteiger partial charge in [0.15, 0.2) is 0 Å². The molecule has 0 aromatic heterocycles. The van der Waals surface area contributed by atoms with E-state index in [0.29, 0.717) is 18.8 Å². The van der Waals surface area contributed by atoms with Crippen LogP contribution in [0.1, 0.15) is 18.1 Å². The van der Waals surface area contributed by atoms with Gasteiger partial charge in [-0.25, -0.2) is 0 Å². The van der Waals surface area contributed by atoms with Crippen molar-refractivity contribution in [1.82, 2.24) is 0 Å². The number of rotatable bonds is 6. The summed E-state index contributed by atoms with van der Waals surface area (Å²) in [4.78, 5) is 0. The summed E-state index contributed by atoms with van der Waals surface area (Å²) in [6.45, 7) is 3.09. The van der Waals surface area contributed by atoms with Crippen molar-refractivity contribution < 1.29 is 9.47 Å². The van der Waals surface area contributed by atoms with Gasteiger partial charge in [0, 0.05) is 0 Å². The quantitative estimate of drug-likeness (QED) is 0.751. The zero-order valence-electron chi connectivity index (χ0n) is 11.5. The fourth-order valence-electron chi connectivity index (χ4n) is 1.77. The van der Waals surface area contributed by atoms with Gasteiger partial charge in [0.1, 0.15) is 24.7 Å². The Morgan fingerprint density at radius 1 is 0.850 bits per heavy atom. The fourth-order valence-corrected chi connectivity index (χ4v) is 1.77. The van der Waals surface area contributed by atoms with Gasteiger partial charge in [-0.05, 0) is 48.4 Å². The van der Waals surface area contributed by atoms with Gasteiger partial charge >= 0.3 is 0 Å². The Kier molecular flexibility index (Phi) is 5.02. The van der Waals surface area contributed by atoms with Crippen LogP contribution in [0.2, 0.25) is 0 Å².